The zero-order valence-corrected chi connectivity index (χ0v) is 14.4. The van der Waals surface area contributed by atoms with Crippen LogP contribution in [0.25, 0.3) is 11.0 Å². The number of hydrogen-bond donors (Lipinski definition) is 1. The molecule has 134 valence electrons. The molecule has 26 heavy (non-hydrogen) atoms. The number of benzene rings is 1. The molecule has 1 aromatic carbocycles. The lowest BCUT2D eigenvalue weighted by atomic mass is 9.93. The van der Waals surface area contributed by atoms with Gasteiger partial charge in [0.2, 0.25) is 11.8 Å². The number of ether oxygens (including phenoxy) is 1. The first-order chi connectivity index (χ1) is 12.8. The van der Waals surface area contributed by atoms with E-state index >= 15 is 0 Å². The Morgan fingerprint density at radius 1 is 1.15 bits per heavy atom. The number of nitrogens with zero attached hydrogens (tertiary/aromatic N) is 4. The molecule has 2 heterocycles. The number of rotatable bonds is 5. The highest BCUT2D eigenvalue weighted by molar-refractivity contribution is 5.80. The summed E-state index contributed by atoms with van der Waals surface area (Å²) in [4.78, 5) is 24.9. The van der Waals surface area contributed by atoms with Crippen LogP contribution in [-0.2, 0) is 11.3 Å². The molecule has 0 radical (unpaired) electrons. The van der Waals surface area contributed by atoms with Gasteiger partial charge in [-0.15, -0.1) is 0 Å². The molecule has 0 atom stereocenters. The van der Waals surface area contributed by atoms with Gasteiger partial charge < -0.3 is 14.6 Å². The van der Waals surface area contributed by atoms with E-state index in [2.05, 4.69) is 20.3 Å². The van der Waals surface area contributed by atoms with Crippen molar-refractivity contribution < 1.29 is 9.53 Å². The average Bonchev–Trinajstić information content (AvgIpc) is 3.07. The van der Waals surface area contributed by atoms with Crippen molar-refractivity contribution in [3.63, 3.8) is 0 Å². The predicted octanol–water partition coefficient (Wildman–Crippen LogP) is 2.33. The Balaban J connectivity index is 1.27. The molecule has 1 saturated carbocycles. The van der Waals surface area contributed by atoms with E-state index in [4.69, 9.17) is 4.74 Å². The van der Waals surface area contributed by atoms with Crippen LogP contribution < -0.4 is 10.1 Å². The highest BCUT2D eigenvalue weighted by atomic mass is 16.5. The van der Waals surface area contributed by atoms with Gasteiger partial charge in [0.25, 0.3) is 0 Å². The molecule has 0 unspecified atom stereocenters. The standard InChI is InChI=1S/C19H21N5O2/c25-18(12-24-13-22-16-3-1-2-4-17(16)24)23-14-5-7-15(8-6-14)26-19-11-20-9-10-21-19/h1-4,9-11,13-15H,5-8,12H2,(H,23,25). The van der Waals surface area contributed by atoms with Crippen LogP contribution in [0.4, 0.5) is 0 Å². The van der Waals surface area contributed by atoms with Crippen molar-refractivity contribution in [2.75, 3.05) is 0 Å². The summed E-state index contributed by atoms with van der Waals surface area (Å²) in [7, 11) is 0. The van der Waals surface area contributed by atoms with Gasteiger partial charge >= 0.3 is 0 Å². The van der Waals surface area contributed by atoms with Crippen LogP contribution in [0.3, 0.4) is 0 Å². The van der Waals surface area contributed by atoms with E-state index in [1.807, 2.05) is 28.8 Å². The van der Waals surface area contributed by atoms with Crippen molar-refractivity contribution in [2.45, 2.75) is 44.4 Å². The summed E-state index contributed by atoms with van der Waals surface area (Å²) >= 11 is 0. The first kappa shape index (κ1) is 16.5. The fourth-order valence-corrected chi connectivity index (χ4v) is 3.41. The maximum atomic E-state index is 12.4. The maximum Gasteiger partial charge on any atom is 0.240 e. The van der Waals surface area contributed by atoms with Crippen molar-refractivity contribution in [1.82, 2.24) is 24.8 Å². The number of aromatic nitrogens is 4. The summed E-state index contributed by atoms with van der Waals surface area (Å²) in [6.07, 6.45) is 10.3. The predicted molar refractivity (Wildman–Crippen MR) is 96.6 cm³/mol. The lowest BCUT2D eigenvalue weighted by Crippen LogP contribution is -2.41. The molecule has 7 nitrogen and oxygen atoms in total. The molecule has 2 aromatic heterocycles. The lowest BCUT2D eigenvalue weighted by Gasteiger charge is -2.29. The van der Waals surface area contributed by atoms with Crippen molar-refractivity contribution in [3.05, 3.63) is 49.2 Å². The topological polar surface area (TPSA) is 81.9 Å². The molecule has 1 aliphatic rings. The van der Waals surface area contributed by atoms with Crippen LogP contribution in [0.15, 0.2) is 49.2 Å². The molecule has 1 N–H and O–H groups in total. The number of nitrogens with one attached hydrogen (secondary N) is 1. The second-order valence-corrected chi connectivity index (χ2v) is 6.56. The molecule has 1 fully saturated rings. The summed E-state index contributed by atoms with van der Waals surface area (Å²) in [6, 6.07) is 8.02. The van der Waals surface area contributed by atoms with E-state index in [-0.39, 0.29) is 24.6 Å². The van der Waals surface area contributed by atoms with Gasteiger partial charge in [0.05, 0.1) is 23.6 Å². The van der Waals surface area contributed by atoms with E-state index in [1.54, 1.807) is 24.9 Å². The van der Waals surface area contributed by atoms with Crippen LogP contribution in [0.5, 0.6) is 5.88 Å². The average molecular weight is 351 g/mol. The van der Waals surface area contributed by atoms with E-state index < -0.39 is 0 Å². The van der Waals surface area contributed by atoms with Crippen LogP contribution >= 0.6 is 0 Å². The van der Waals surface area contributed by atoms with Gasteiger partial charge in [-0.25, -0.2) is 9.97 Å². The van der Waals surface area contributed by atoms with Crippen molar-refractivity contribution in [1.29, 1.82) is 0 Å². The van der Waals surface area contributed by atoms with Crippen LogP contribution in [0.1, 0.15) is 25.7 Å². The maximum absolute atomic E-state index is 12.4. The Kier molecular flexibility index (Phi) is 4.77. The Morgan fingerprint density at radius 2 is 2.00 bits per heavy atom. The van der Waals surface area contributed by atoms with E-state index in [9.17, 15) is 4.79 Å². The zero-order valence-electron chi connectivity index (χ0n) is 14.4. The number of hydrogen-bond acceptors (Lipinski definition) is 5. The molecular formula is C19H21N5O2. The summed E-state index contributed by atoms with van der Waals surface area (Å²) < 4.78 is 7.73. The second kappa shape index (κ2) is 7.51. The van der Waals surface area contributed by atoms with Gasteiger partial charge in [-0.1, -0.05) is 12.1 Å². The molecule has 0 bridgehead atoms. The minimum absolute atomic E-state index is 0.0199. The molecule has 0 aliphatic heterocycles. The van der Waals surface area contributed by atoms with Gasteiger partial charge in [-0.3, -0.25) is 9.78 Å². The van der Waals surface area contributed by atoms with Crippen LogP contribution in [-0.4, -0.2) is 37.6 Å². The monoisotopic (exact) mass is 351 g/mol. The summed E-state index contributed by atoms with van der Waals surface area (Å²) in [6.45, 7) is 0.288. The quantitative estimate of drug-likeness (QED) is 0.763. The van der Waals surface area contributed by atoms with Crippen LogP contribution in [0.2, 0.25) is 0 Å². The summed E-state index contributed by atoms with van der Waals surface area (Å²) in [5, 5.41) is 3.14. The number of fused-ring (bicyclic) bond motifs is 1. The summed E-state index contributed by atoms with van der Waals surface area (Å²) in [5.74, 6) is 0.582. The Hall–Kier alpha value is -2.96. The van der Waals surface area contributed by atoms with Gasteiger partial charge in [0.1, 0.15) is 12.6 Å². The van der Waals surface area contributed by atoms with E-state index in [0.717, 1.165) is 36.7 Å². The molecule has 0 saturated heterocycles. The van der Waals surface area contributed by atoms with Crippen molar-refractivity contribution in [3.8, 4) is 5.88 Å². The second-order valence-electron chi connectivity index (χ2n) is 6.56. The molecule has 7 heteroatoms. The highest BCUT2D eigenvalue weighted by Gasteiger charge is 2.24. The zero-order chi connectivity index (χ0) is 17.8. The molecule has 3 aromatic rings. The first-order valence-corrected chi connectivity index (χ1v) is 8.90. The fraction of sp³-hybridized carbons (Fsp3) is 0.368. The molecule has 1 amide bonds. The molecule has 0 spiro atoms. The number of carbonyl (C=O) groups excluding carboxylic acids is 1. The third-order valence-corrected chi connectivity index (χ3v) is 4.71. The molecular weight excluding hydrogens is 330 g/mol. The minimum Gasteiger partial charge on any atom is -0.473 e. The first-order valence-electron chi connectivity index (χ1n) is 8.90. The lowest BCUT2D eigenvalue weighted by molar-refractivity contribution is -0.122. The Bertz CT molecular complexity index is 872. The van der Waals surface area contributed by atoms with Gasteiger partial charge in [0, 0.05) is 18.4 Å². The Morgan fingerprint density at radius 3 is 2.81 bits per heavy atom. The third kappa shape index (κ3) is 3.82. The largest absolute Gasteiger partial charge is 0.473 e. The third-order valence-electron chi connectivity index (χ3n) is 4.71. The number of amides is 1. The highest BCUT2D eigenvalue weighted by Crippen LogP contribution is 2.22. The number of imidazole rings is 1. The van der Waals surface area contributed by atoms with Crippen LogP contribution in [0, 0.1) is 0 Å². The SMILES string of the molecule is O=C(Cn1cnc2ccccc21)NC1CCC(Oc2cnccn2)CC1. The van der Waals surface area contributed by atoms with Gasteiger partial charge in [-0.05, 0) is 37.8 Å². The van der Waals surface area contributed by atoms with E-state index in [0.29, 0.717) is 5.88 Å². The normalized spacial score (nSPS) is 20.0. The molecule has 4 rings (SSSR count). The van der Waals surface area contributed by atoms with Crippen molar-refractivity contribution >= 4 is 16.9 Å². The fourth-order valence-electron chi connectivity index (χ4n) is 3.41. The Labute approximate surface area is 151 Å². The van der Waals surface area contributed by atoms with Gasteiger partial charge in [0.15, 0.2) is 0 Å². The van der Waals surface area contributed by atoms with Crippen molar-refractivity contribution in [2.24, 2.45) is 0 Å². The smallest absolute Gasteiger partial charge is 0.240 e. The number of para-hydroxylation sites is 2. The minimum atomic E-state index is 0.0199. The molecule has 1 aliphatic carbocycles. The summed E-state index contributed by atoms with van der Waals surface area (Å²) in [5.41, 5.74) is 1.88. The number of carbonyl (C=O) groups is 1. The van der Waals surface area contributed by atoms with E-state index in [1.165, 1.54) is 0 Å². The van der Waals surface area contributed by atoms with Gasteiger partial charge in [-0.2, -0.15) is 0 Å².